The Bertz CT molecular complexity index is 567. The van der Waals surface area contributed by atoms with Crippen molar-refractivity contribution in [2.75, 3.05) is 7.05 Å². The highest BCUT2D eigenvalue weighted by atomic mass is 16.1. The van der Waals surface area contributed by atoms with Gasteiger partial charge in [0.05, 0.1) is 11.7 Å². The van der Waals surface area contributed by atoms with E-state index in [1.54, 1.807) is 6.08 Å². The van der Waals surface area contributed by atoms with E-state index in [-0.39, 0.29) is 6.04 Å². The number of carbonyl (C=O) groups excluding carboxylic acids is 1. The first-order valence-electron chi connectivity index (χ1n) is 6.80. The lowest BCUT2D eigenvalue weighted by molar-refractivity contribution is 0.254. The highest BCUT2D eigenvalue weighted by molar-refractivity contribution is 5.72. The summed E-state index contributed by atoms with van der Waals surface area (Å²) in [6, 6.07) is 9.38. The van der Waals surface area contributed by atoms with Crippen LogP contribution >= 0.6 is 0 Å². The highest BCUT2D eigenvalue weighted by Crippen LogP contribution is 2.42. The Morgan fingerprint density at radius 1 is 1.26 bits per heavy atom. The van der Waals surface area contributed by atoms with Gasteiger partial charge in [0, 0.05) is 6.04 Å². The molecule has 1 aromatic carbocycles. The van der Waals surface area contributed by atoms with Gasteiger partial charge in [0.25, 0.3) is 0 Å². The monoisotopic (exact) mass is 254 g/mol. The summed E-state index contributed by atoms with van der Waals surface area (Å²) in [7, 11) is 2.13. The molecule has 1 saturated heterocycles. The molecule has 0 spiro atoms. The molecule has 3 rings (SSSR count). The smallest absolute Gasteiger partial charge is 0.240 e. The largest absolute Gasteiger partial charge is 0.294 e. The summed E-state index contributed by atoms with van der Waals surface area (Å²) in [5, 5.41) is 0. The standard InChI is InChI=1S/C16H18N2O/c1-11-3-5-12(6-4-11)14-9-13-7-8-15(18(13)2)16(14)17-10-19/h3-6,13,15H,7-9H2,1-2H3/t13-,15+/m0/s1. The van der Waals surface area contributed by atoms with Crippen LogP contribution in [0, 0.1) is 6.92 Å². The lowest BCUT2D eigenvalue weighted by Crippen LogP contribution is -2.37. The number of aryl methyl sites for hydroxylation is 1. The van der Waals surface area contributed by atoms with Crippen molar-refractivity contribution < 1.29 is 4.79 Å². The van der Waals surface area contributed by atoms with Crippen molar-refractivity contribution in [2.45, 2.75) is 38.3 Å². The predicted molar refractivity (Wildman–Crippen MR) is 75.4 cm³/mol. The van der Waals surface area contributed by atoms with Crippen LogP contribution in [-0.4, -0.2) is 30.1 Å². The molecular formula is C16H18N2O. The van der Waals surface area contributed by atoms with Gasteiger partial charge in [-0.2, -0.15) is 4.99 Å². The molecule has 0 saturated carbocycles. The molecule has 3 nitrogen and oxygen atoms in total. The van der Waals surface area contributed by atoms with Gasteiger partial charge < -0.3 is 0 Å². The molecule has 2 atom stereocenters. The fourth-order valence-electron chi connectivity index (χ4n) is 3.34. The Morgan fingerprint density at radius 3 is 2.68 bits per heavy atom. The molecule has 0 aromatic heterocycles. The van der Waals surface area contributed by atoms with Gasteiger partial charge >= 0.3 is 0 Å². The number of fused-ring (bicyclic) bond motifs is 2. The van der Waals surface area contributed by atoms with Crippen LogP contribution in [0.2, 0.25) is 0 Å². The summed E-state index contributed by atoms with van der Waals surface area (Å²) in [5.74, 6) is 0. The molecule has 0 radical (unpaired) electrons. The molecule has 2 bridgehead atoms. The molecule has 2 aliphatic heterocycles. The van der Waals surface area contributed by atoms with E-state index < -0.39 is 0 Å². The highest BCUT2D eigenvalue weighted by Gasteiger charge is 2.39. The van der Waals surface area contributed by atoms with Gasteiger partial charge in [0.15, 0.2) is 0 Å². The maximum atomic E-state index is 10.7. The fourth-order valence-corrected chi connectivity index (χ4v) is 3.34. The minimum atomic E-state index is 0.288. The summed E-state index contributed by atoms with van der Waals surface area (Å²) in [6.45, 7) is 2.08. The van der Waals surface area contributed by atoms with Gasteiger partial charge in [-0.3, -0.25) is 4.90 Å². The molecular weight excluding hydrogens is 236 g/mol. The SMILES string of the molecule is Cc1ccc(C2=C(N=C=O)[C@H]3CC[C@@H](C2)N3C)cc1. The Morgan fingerprint density at radius 2 is 2.00 bits per heavy atom. The van der Waals surface area contributed by atoms with Crippen molar-refractivity contribution in [2.24, 2.45) is 4.99 Å². The molecule has 0 aliphatic carbocycles. The first kappa shape index (κ1) is 12.3. The van der Waals surface area contributed by atoms with Gasteiger partial charge in [-0.15, -0.1) is 0 Å². The third-order valence-corrected chi connectivity index (χ3v) is 4.47. The van der Waals surface area contributed by atoms with Crippen LogP contribution in [0.1, 0.15) is 30.4 Å². The third-order valence-electron chi connectivity index (χ3n) is 4.47. The first-order valence-corrected chi connectivity index (χ1v) is 6.80. The number of aliphatic imine (C=N–C) groups is 1. The fraction of sp³-hybridized carbons (Fsp3) is 0.438. The molecule has 0 amide bonds. The molecule has 3 heteroatoms. The van der Waals surface area contributed by atoms with E-state index in [9.17, 15) is 4.79 Å². The maximum Gasteiger partial charge on any atom is 0.240 e. The Kier molecular flexibility index (Phi) is 3.09. The van der Waals surface area contributed by atoms with Crippen LogP contribution in [0.25, 0.3) is 5.57 Å². The summed E-state index contributed by atoms with van der Waals surface area (Å²) in [5.41, 5.74) is 4.61. The zero-order chi connectivity index (χ0) is 13.4. The molecule has 98 valence electrons. The molecule has 2 aliphatic rings. The Labute approximate surface area is 113 Å². The van der Waals surface area contributed by atoms with Gasteiger partial charge in [0.1, 0.15) is 0 Å². The van der Waals surface area contributed by atoms with Gasteiger partial charge in [-0.25, -0.2) is 4.79 Å². The lowest BCUT2D eigenvalue weighted by atomic mass is 9.92. The number of hydrogen-bond acceptors (Lipinski definition) is 3. The molecule has 1 fully saturated rings. The van der Waals surface area contributed by atoms with E-state index in [2.05, 4.69) is 48.1 Å². The van der Waals surface area contributed by atoms with Crippen molar-refractivity contribution in [1.82, 2.24) is 4.90 Å². The molecule has 0 N–H and O–H groups in total. The minimum absolute atomic E-state index is 0.288. The zero-order valence-electron chi connectivity index (χ0n) is 11.4. The maximum absolute atomic E-state index is 10.7. The molecule has 2 heterocycles. The number of isocyanates is 1. The normalized spacial score (nSPS) is 26.4. The van der Waals surface area contributed by atoms with E-state index in [0.717, 1.165) is 18.5 Å². The van der Waals surface area contributed by atoms with E-state index in [1.807, 2.05) is 0 Å². The molecule has 1 aromatic rings. The second kappa shape index (κ2) is 4.76. The number of likely N-dealkylation sites (N-methyl/N-ethyl adjacent to an activating group) is 1. The Balaban J connectivity index is 2.10. The Hall–Kier alpha value is -1.70. The van der Waals surface area contributed by atoms with Crippen molar-refractivity contribution in [3.8, 4) is 0 Å². The summed E-state index contributed by atoms with van der Waals surface area (Å²) >= 11 is 0. The number of nitrogens with zero attached hydrogens (tertiary/aromatic N) is 2. The van der Waals surface area contributed by atoms with Crippen molar-refractivity contribution in [1.29, 1.82) is 0 Å². The number of hydrogen-bond donors (Lipinski definition) is 0. The number of rotatable bonds is 2. The quantitative estimate of drug-likeness (QED) is 0.600. The minimum Gasteiger partial charge on any atom is -0.294 e. The van der Waals surface area contributed by atoms with E-state index in [1.165, 1.54) is 23.1 Å². The number of benzene rings is 1. The van der Waals surface area contributed by atoms with Crippen LogP contribution in [0.3, 0.4) is 0 Å². The molecule has 0 unspecified atom stereocenters. The third kappa shape index (κ3) is 2.05. The lowest BCUT2D eigenvalue weighted by Gasteiger charge is -2.33. The summed E-state index contributed by atoms with van der Waals surface area (Å²) in [6.07, 6.45) is 5.01. The van der Waals surface area contributed by atoms with Crippen LogP contribution in [0.5, 0.6) is 0 Å². The van der Waals surface area contributed by atoms with Crippen molar-refractivity contribution in [3.05, 3.63) is 41.1 Å². The van der Waals surface area contributed by atoms with Crippen molar-refractivity contribution >= 4 is 11.7 Å². The van der Waals surface area contributed by atoms with E-state index in [4.69, 9.17) is 0 Å². The topological polar surface area (TPSA) is 32.7 Å². The second-order valence-electron chi connectivity index (χ2n) is 5.55. The zero-order valence-corrected chi connectivity index (χ0v) is 11.4. The first-order chi connectivity index (χ1) is 9.20. The van der Waals surface area contributed by atoms with E-state index >= 15 is 0 Å². The average molecular weight is 254 g/mol. The van der Waals surface area contributed by atoms with Gasteiger partial charge in [0.2, 0.25) is 6.08 Å². The van der Waals surface area contributed by atoms with Crippen LogP contribution in [0.15, 0.2) is 35.0 Å². The summed E-state index contributed by atoms with van der Waals surface area (Å²) < 4.78 is 0. The predicted octanol–water partition coefficient (Wildman–Crippen LogP) is 2.91. The summed E-state index contributed by atoms with van der Waals surface area (Å²) in [4.78, 5) is 17.1. The average Bonchev–Trinajstić information content (AvgIpc) is 2.65. The van der Waals surface area contributed by atoms with Gasteiger partial charge in [-0.1, -0.05) is 29.8 Å². The second-order valence-corrected chi connectivity index (χ2v) is 5.55. The van der Waals surface area contributed by atoms with E-state index in [0.29, 0.717) is 6.04 Å². The van der Waals surface area contributed by atoms with Crippen molar-refractivity contribution in [3.63, 3.8) is 0 Å². The molecule has 19 heavy (non-hydrogen) atoms. The van der Waals surface area contributed by atoms with Crippen LogP contribution < -0.4 is 0 Å². The van der Waals surface area contributed by atoms with Crippen LogP contribution in [0.4, 0.5) is 0 Å². The van der Waals surface area contributed by atoms with Crippen LogP contribution in [-0.2, 0) is 4.79 Å². The van der Waals surface area contributed by atoms with Gasteiger partial charge in [-0.05, 0) is 44.4 Å².